The number of morpholine rings is 1. The standard InChI is InChI=1S/C9H9N2O2/c12-9-8(13-5-4-11-9)7-2-1-3-10-6-7/h1-3,8H,4-5H2,(H,11,12). The zero-order valence-electron chi connectivity index (χ0n) is 6.99. The predicted molar refractivity (Wildman–Crippen MR) is 44.8 cm³/mol. The zero-order valence-corrected chi connectivity index (χ0v) is 6.99. The van der Waals surface area contributed by atoms with Crippen LogP contribution in [-0.2, 0) is 9.53 Å². The summed E-state index contributed by atoms with van der Waals surface area (Å²) >= 11 is 0. The maximum Gasteiger partial charge on any atom is 0.253 e. The molecule has 1 saturated heterocycles. The van der Waals surface area contributed by atoms with Crippen molar-refractivity contribution in [2.75, 3.05) is 13.2 Å². The second kappa shape index (κ2) is 3.53. The highest BCUT2D eigenvalue weighted by Gasteiger charge is 2.24. The molecule has 4 nitrogen and oxygen atoms in total. The first-order chi connectivity index (χ1) is 6.38. The lowest BCUT2D eigenvalue weighted by Gasteiger charge is -2.22. The fourth-order valence-electron chi connectivity index (χ4n) is 1.24. The highest BCUT2D eigenvalue weighted by molar-refractivity contribution is 5.82. The Morgan fingerprint density at radius 1 is 1.69 bits per heavy atom. The van der Waals surface area contributed by atoms with Gasteiger partial charge in [-0.2, -0.15) is 0 Å². The molecule has 1 fully saturated rings. The zero-order chi connectivity index (χ0) is 9.10. The van der Waals surface area contributed by atoms with Gasteiger partial charge in [-0.3, -0.25) is 9.78 Å². The molecule has 2 rings (SSSR count). The molecule has 1 aromatic rings. The van der Waals surface area contributed by atoms with Gasteiger partial charge < -0.3 is 10.1 Å². The van der Waals surface area contributed by atoms with E-state index < -0.39 is 6.10 Å². The molecule has 0 bridgehead atoms. The second-order valence-corrected chi connectivity index (χ2v) is 2.75. The fraction of sp³-hybridized carbons (Fsp3) is 0.333. The van der Waals surface area contributed by atoms with E-state index in [1.165, 1.54) is 0 Å². The summed E-state index contributed by atoms with van der Waals surface area (Å²) in [6.45, 7) is 1.12. The monoisotopic (exact) mass is 177 g/mol. The van der Waals surface area contributed by atoms with Gasteiger partial charge in [0.05, 0.1) is 12.8 Å². The Morgan fingerprint density at radius 2 is 2.62 bits per heavy atom. The molecule has 1 N–H and O–H groups in total. The molecular formula is C9H9N2O2. The van der Waals surface area contributed by atoms with Crippen LogP contribution < -0.4 is 5.32 Å². The van der Waals surface area contributed by atoms with E-state index in [0.29, 0.717) is 18.7 Å². The summed E-state index contributed by atoms with van der Waals surface area (Å²) in [7, 11) is 0. The number of carbonyl (C=O) groups is 1. The van der Waals surface area contributed by atoms with E-state index in [0.717, 1.165) is 0 Å². The highest BCUT2D eigenvalue weighted by atomic mass is 16.5. The van der Waals surface area contributed by atoms with E-state index in [-0.39, 0.29) is 5.91 Å². The molecular weight excluding hydrogens is 168 g/mol. The smallest absolute Gasteiger partial charge is 0.253 e. The molecule has 1 aliphatic rings. The normalized spacial score (nSPS) is 22.5. The maximum atomic E-state index is 11.3. The van der Waals surface area contributed by atoms with Crippen LogP contribution in [-0.4, -0.2) is 24.0 Å². The van der Waals surface area contributed by atoms with Gasteiger partial charge in [0, 0.05) is 18.3 Å². The summed E-state index contributed by atoms with van der Waals surface area (Å²) in [6.07, 6.45) is 3.81. The molecule has 0 saturated carbocycles. The van der Waals surface area contributed by atoms with Crippen LogP contribution in [0, 0.1) is 6.20 Å². The minimum Gasteiger partial charge on any atom is -0.362 e. The summed E-state index contributed by atoms with van der Waals surface area (Å²) in [5.74, 6) is -0.115. The Balaban J connectivity index is 2.20. The van der Waals surface area contributed by atoms with E-state index in [4.69, 9.17) is 4.74 Å². The van der Waals surface area contributed by atoms with E-state index in [9.17, 15) is 4.79 Å². The molecule has 1 radical (unpaired) electrons. The van der Waals surface area contributed by atoms with Crippen molar-refractivity contribution in [1.29, 1.82) is 0 Å². The van der Waals surface area contributed by atoms with Crippen molar-refractivity contribution < 1.29 is 9.53 Å². The summed E-state index contributed by atoms with van der Waals surface area (Å²) < 4.78 is 5.29. The minimum atomic E-state index is -0.539. The molecule has 0 spiro atoms. The lowest BCUT2D eigenvalue weighted by Crippen LogP contribution is -2.39. The number of amides is 1. The molecule has 1 amide bonds. The molecule has 1 atom stereocenters. The largest absolute Gasteiger partial charge is 0.362 e. The average molecular weight is 177 g/mol. The van der Waals surface area contributed by atoms with E-state index in [1.807, 2.05) is 0 Å². The highest BCUT2D eigenvalue weighted by Crippen LogP contribution is 2.17. The maximum absolute atomic E-state index is 11.3. The van der Waals surface area contributed by atoms with Crippen molar-refractivity contribution >= 4 is 5.91 Å². The van der Waals surface area contributed by atoms with Crippen molar-refractivity contribution in [3.05, 3.63) is 30.1 Å². The Bertz CT molecular complexity index is 300. The first-order valence-corrected chi connectivity index (χ1v) is 4.10. The van der Waals surface area contributed by atoms with Crippen molar-refractivity contribution in [3.63, 3.8) is 0 Å². The van der Waals surface area contributed by atoms with E-state index in [1.54, 1.807) is 18.3 Å². The van der Waals surface area contributed by atoms with Crippen LogP contribution >= 0.6 is 0 Å². The molecule has 1 aromatic heterocycles. The molecule has 0 aromatic carbocycles. The number of carbonyl (C=O) groups excluding carboxylic acids is 1. The third-order valence-electron chi connectivity index (χ3n) is 1.84. The van der Waals surface area contributed by atoms with Crippen LogP contribution in [0.15, 0.2) is 18.3 Å². The van der Waals surface area contributed by atoms with Crippen LogP contribution in [0.25, 0.3) is 0 Å². The van der Waals surface area contributed by atoms with E-state index in [2.05, 4.69) is 16.5 Å². The Morgan fingerprint density at radius 3 is 3.31 bits per heavy atom. The number of rotatable bonds is 1. The van der Waals surface area contributed by atoms with Gasteiger partial charge in [-0.15, -0.1) is 0 Å². The number of pyridine rings is 1. The Labute approximate surface area is 75.9 Å². The van der Waals surface area contributed by atoms with Crippen molar-refractivity contribution in [2.45, 2.75) is 6.10 Å². The van der Waals surface area contributed by atoms with Crippen molar-refractivity contribution in [2.24, 2.45) is 0 Å². The Hall–Kier alpha value is -1.42. The quantitative estimate of drug-likeness (QED) is 0.660. The lowest BCUT2D eigenvalue weighted by molar-refractivity contribution is -0.138. The third-order valence-corrected chi connectivity index (χ3v) is 1.84. The predicted octanol–water partition coefficient (Wildman–Crippen LogP) is 0.0693. The summed E-state index contributed by atoms with van der Waals surface area (Å²) in [5.41, 5.74) is 0.680. The van der Waals surface area contributed by atoms with Crippen LogP contribution in [0.3, 0.4) is 0 Å². The topological polar surface area (TPSA) is 51.2 Å². The van der Waals surface area contributed by atoms with Crippen molar-refractivity contribution in [3.8, 4) is 0 Å². The van der Waals surface area contributed by atoms with Gasteiger partial charge in [0.25, 0.3) is 5.91 Å². The number of hydrogen-bond donors (Lipinski definition) is 1. The lowest BCUT2D eigenvalue weighted by atomic mass is 10.1. The van der Waals surface area contributed by atoms with Crippen LogP contribution in [0.2, 0.25) is 0 Å². The molecule has 1 unspecified atom stereocenters. The first-order valence-electron chi connectivity index (χ1n) is 4.10. The molecule has 13 heavy (non-hydrogen) atoms. The van der Waals surface area contributed by atoms with Crippen LogP contribution in [0.5, 0.6) is 0 Å². The summed E-state index contributed by atoms with van der Waals surface area (Å²) in [4.78, 5) is 15.1. The Kier molecular flexibility index (Phi) is 2.23. The summed E-state index contributed by atoms with van der Waals surface area (Å²) in [6, 6.07) is 3.54. The minimum absolute atomic E-state index is 0.115. The van der Waals surface area contributed by atoms with Crippen molar-refractivity contribution in [1.82, 2.24) is 10.3 Å². The van der Waals surface area contributed by atoms with Gasteiger partial charge in [0.2, 0.25) is 0 Å². The first kappa shape index (κ1) is 8.19. The van der Waals surface area contributed by atoms with Gasteiger partial charge in [0.15, 0.2) is 6.10 Å². The SMILES string of the molecule is O=C1NCCOC1c1[c]nccc1. The number of nitrogens with zero attached hydrogens (tertiary/aromatic N) is 1. The van der Waals surface area contributed by atoms with Crippen LogP contribution in [0.1, 0.15) is 11.7 Å². The van der Waals surface area contributed by atoms with Gasteiger partial charge >= 0.3 is 0 Å². The molecule has 2 heterocycles. The summed E-state index contributed by atoms with van der Waals surface area (Å²) in [5, 5.41) is 2.72. The van der Waals surface area contributed by atoms with Gasteiger partial charge in [-0.1, -0.05) is 6.07 Å². The molecule has 1 aliphatic heterocycles. The van der Waals surface area contributed by atoms with E-state index >= 15 is 0 Å². The number of hydrogen-bond acceptors (Lipinski definition) is 3. The third kappa shape index (κ3) is 1.67. The number of nitrogens with one attached hydrogen (secondary N) is 1. The van der Waals surface area contributed by atoms with Gasteiger partial charge in [-0.25, -0.2) is 0 Å². The molecule has 4 heteroatoms. The molecule has 0 aliphatic carbocycles. The van der Waals surface area contributed by atoms with Gasteiger partial charge in [0.1, 0.15) is 0 Å². The molecule has 67 valence electrons. The van der Waals surface area contributed by atoms with Gasteiger partial charge in [-0.05, 0) is 6.07 Å². The number of aromatic nitrogens is 1. The van der Waals surface area contributed by atoms with Crippen LogP contribution in [0.4, 0.5) is 0 Å². The fourth-order valence-corrected chi connectivity index (χ4v) is 1.24. The second-order valence-electron chi connectivity index (χ2n) is 2.75. The average Bonchev–Trinajstić information content (AvgIpc) is 2.20. The number of ether oxygens (including phenoxy) is 1.